The predicted octanol–water partition coefficient (Wildman–Crippen LogP) is 3.33. The number of hydrogen-bond acceptors (Lipinski definition) is 5. The maximum atomic E-state index is 12.1. The molecule has 0 bridgehead atoms. The third kappa shape index (κ3) is 6.80. The number of ether oxygens (including phenoxy) is 1. The number of amides is 2. The minimum Gasteiger partial charge on any atom is -0.423 e. The lowest BCUT2D eigenvalue weighted by atomic mass is 10.2. The van der Waals surface area contributed by atoms with Gasteiger partial charge in [0.05, 0.1) is 11.8 Å². The van der Waals surface area contributed by atoms with E-state index in [9.17, 15) is 14.4 Å². The lowest BCUT2D eigenvalue weighted by Gasteiger charge is -2.05. The molecule has 0 radical (unpaired) electrons. The summed E-state index contributed by atoms with van der Waals surface area (Å²) in [6, 6.07) is 22.1. The van der Waals surface area contributed by atoms with Crippen LogP contribution in [0.25, 0.3) is 0 Å². The largest absolute Gasteiger partial charge is 0.423 e. The van der Waals surface area contributed by atoms with Crippen LogP contribution in [-0.2, 0) is 16.1 Å². The second-order valence-electron chi connectivity index (χ2n) is 6.34. The van der Waals surface area contributed by atoms with Crippen LogP contribution in [0.5, 0.6) is 5.75 Å². The van der Waals surface area contributed by atoms with Gasteiger partial charge in [-0.3, -0.25) is 9.59 Å². The SMILES string of the molecule is O=C(NCc1ccccc1)C(=O)N/N=C/c1ccc(OC(=O)c2cccc(Cl)c2)cc1. The molecule has 0 saturated heterocycles. The van der Waals surface area contributed by atoms with E-state index >= 15 is 0 Å². The van der Waals surface area contributed by atoms with Crippen molar-refractivity contribution in [3.63, 3.8) is 0 Å². The van der Waals surface area contributed by atoms with Crippen molar-refractivity contribution in [2.45, 2.75) is 6.54 Å². The number of hydrogen-bond donors (Lipinski definition) is 2. The summed E-state index contributed by atoms with van der Waals surface area (Å²) in [6.07, 6.45) is 1.37. The Kier molecular flexibility index (Phi) is 7.50. The van der Waals surface area contributed by atoms with Crippen LogP contribution in [0.15, 0.2) is 84.0 Å². The number of nitrogens with one attached hydrogen (secondary N) is 2. The van der Waals surface area contributed by atoms with E-state index in [2.05, 4.69) is 15.8 Å². The highest BCUT2D eigenvalue weighted by Gasteiger charge is 2.12. The fourth-order valence-electron chi connectivity index (χ4n) is 2.48. The van der Waals surface area contributed by atoms with Crippen LogP contribution in [0.3, 0.4) is 0 Å². The van der Waals surface area contributed by atoms with Crippen molar-refractivity contribution in [1.82, 2.24) is 10.7 Å². The molecule has 0 unspecified atom stereocenters. The van der Waals surface area contributed by atoms with E-state index in [1.807, 2.05) is 30.3 Å². The molecule has 156 valence electrons. The second-order valence-corrected chi connectivity index (χ2v) is 6.77. The molecule has 3 aromatic carbocycles. The number of benzene rings is 3. The Morgan fingerprint density at radius 2 is 1.65 bits per heavy atom. The van der Waals surface area contributed by atoms with E-state index in [0.717, 1.165) is 5.56 Å². The molecule has 2 N–H and O–H groups in total. The number of halogens is 1. The molecule has 0 fully saturated rings. The van der Waals surface area contributed by atoms with E-state index in [-0.39, 0.29) is 6.54 Å². The van der Waals surface area contributed by atoms with Gasteiger partial charge in [-0.25, -0.2) is 10.2 Å². The predicted molar refractivity (Wildman–Crippen MR) is 117 cm³/mol. The van der Waals surface area contributed by atoms with Gasteiger partial charge in [0, 0.05) is 11.6 Å². The van der Waals surface area contributed by atoms with Crippen LogP contribution >= 0.6 is 11.6 Å². The van der Waals surface area contributed by atoms with Gasteiger partial charge in [0.25, 0.3) is 0 Å². The van der Waals surface area contributed by atoms with Crippen LogP contribution in [-0.4, -0.2) is 24.0 Å². The van der Waals surface area contributed by atoms with Gasteiger partial charge < -0.3 is 10.1 Å². The number of rotatable bonds is 6. The number of carbonyl (C=O) groups excluding carboxylic acids is 3. The zero-order valence-corrected chi connectivity index (χ0v) is 17.0. The van der Waals surface area contributed by atoms with E-state index < -0.39 is 17.8 Å². The van der Waals surface area contributed by atoms with E-state index in [4.69, 9.17) is 16.3 Å². The summed E-state index contributed by atoms with van der Waals surface area (Å²) in [6.45, 7) is 0.242. The molecule has 0 saturated carbocycles. The minimum atomic E-state index is -0.876. The Balaban J connectivity index is 1.47. The first-order chi connectivity index (χ1) is 15.0. The summed E-state index contributed by atoms with van der Waals surface area (Å²) >= 11 is 5.87. The molecule has 2 amide bonds. The molecular formula is C23H18ClN3O4. The van der Waals surface area contributed by atoms with Crippen molar-refractivity contribution >= 4 is 35.6 Å². The molecule has 3 rings (SSSR count). The number of nitrogens with zero attached hydrogens (tertiary/aromatic N) is 1. The molecule has 3 aromatic rings. The highest BCUT2D eigenvalue weighted by Crippen LogP contribution is 2.16. The Bertz CT molecular complexity index is 1100. The van der Waals surface area contributed by atoms with E-state index in [1.165, 1.54) is 12.3 Å². The average Bonchev–Trinajstić information content (AvgIpc) is 2.79. The first-order valence-corrected chi connectivity index (χ1v) is 9.62. The van der Waals surface area contributed by atoms with Gasteiger partial charge in [0.15, 0.2) is 0 Å². The topological polar surface area (TPSA) is 96.9 Å². The molecule has 0 aromatic heterocycles. The third-order valence-electron chi connectivity index (χ3n) is 4.03. The quantitative estimate of drug-likeness (QED) is 0.204. The average molecular weight is 436 g/mol. The van der Waals surface area contributed by atoms with Crippen molar-refractivity contribution in [3.8, 4) is 5.75 Å². The van der Waals surface area contributed by atoms with Crippen molar-refractivity contribution in [3.05, 3.63) is 101 Å². The summed E-state index contributed by atoms with van der Waals surface area (Å²) in [4.78, 5) is 35.7. The van der Waals surface area contributed by atoms with Gasteiger partial charge in [-0.15, -0.1) is 0 Å². The lowest BCUT2D eigenvalue weighted by Crippen LogP contribution is -2.37. The van der Waals surface area contributed by atoms with E-state index in [0.29, 0.717) is 21.9 Å². The fraction of sp³-hybridized carbons (Fsp3) is 0.0435. The zero-order chi connectivity index (χ0) is 22.1. The minimum absolute atomic E-state index is 0.242. The number of esters is 1. The lowest BCUT2D eigenvalue weighted by molar-refractivity contribution is -0.139. The van der Waals surface area contributed by atoms with Crippen LogP contribution in [0.2, 0.25) is 5.02 Å². The van der Waals surface area contributed by atoms with Crippen molar-refractivity contribution in [2.24, 2.45) is 5.10 Å². The summed E-state index contributed by atoms with van der Waals surface area (Å²) in [7, 11) is 0. The monoisotopic (exact) mass is 435 g/mol. The molecule has 0 atom stereocenters. The number of hydrazone groups is 1. The maximum absolute atomic E-state index is 12.1. The highest BCUT2D eigenvalue weighted by molar-refractivity contribution is 6.35. The molecule has 8 heteroatoms. The van der Waals surface area contributed by atoms with Gasteiger partial charge in [-0.2, -0.15) is 5.10 Å². The molecule has 0 aliphatic carbocycles. The van der Waals surface area contributed by atoms with Gasteiger partial charge >= 0.3 is 17.8 Å². The third-order valence-corrected chi connectivity index (χ3v) is 4.27. The Morgan fingerprint density at radius 3 is 2.35 bits per heavy atom. The summed E-state index contributed by atoms with van der Waals surface area (Å²) in [5.74, 6) is -1.85. The molecule has 0 heterocycles. The van der Waals surface area contributed by atoms with Gasteiger partial charge in [0.2, 0.25) is 0 Å². The summed E-state index contributed by atoms with van der Waals surface area (Å²) in [5.41, 5.74) is 4.01. The standard InChI is InChI=1S/C23H18ClN3O4/c24-19-8-4-7-18(13-19)23(30)31-20-11-9-17(10-12-20)15-26-27-22(29)21(28)25-14-16-5-2-1-3-6-16/h1-13,15H,14H2,(H,25,28)(H,27,29)/b26-15+. The molecule has 31 heavy (non-hydrogen) atoms. The van der Waals surface area contributed by atoms with Crippen molar-refractivity contribution in [1.29, 1.82) is 0 Å². The Labute approximate surface area is 183 Å². The summed E-state index contributed by atoms with van der Waals surface area (Å²) < 4.78 is 5.28. The molecule has 0 aliphatic rings. The second kappa shape index (κ2) is 10.7. The maximum Gasteiger partial charge on any atom is 0.343 e. The highest BCUT2D eigenvalue weighted by atomic mass is 35.5. The van der Waals surface area contributed by atoms with Crippen molar-refractivity contribution in [2.75, 3.05) is 0 Å². The van der Waals surface area contributed by atoms with Crippen molar-refractivity contribution < 1.29 is 19.1 Å². The Hall–Kier alpha value is -3.97. The molecule has 0 spiro atoms. The zero-order valence-electron chi connectivity index (χ0n) is 16.2. The normalized spacial score (nSPS) is 10.5. The van der Waals surface area contributed by atoms with Crippen LogP contribution in [0.4, 0.5) is 0 Å². The first kappa shape index (κ1) is 21.7. The van der Waals surface area contributed by atoms with Gasteiger partial charge in [-0.05, 0) is 53.6 Å². The first-order valence-electron chi connectivity index (χ1n) is 9.24. The molecule has 0 aliphatic heterocycles. The van der Waals surface area contributed by atoms with Crippen LogP contribution in [0.1, 0.15) is 21.5 Å². The Morgan fingerprint density at radius 1 is 0.903 bits per heavy atom. The van der Waals surface area contributed by atoms with Crippen LogP contribution < -0.4 is 15.5 Å². The molecular weight excluding hydrogens is 418 g/mol. The smallest absolute Gasteiger partial charge is 0.343 e. The number of carbonyl (C=O) groups is 3. The van der Waals surface area contributed by atoms with Gasteiger partial charge in [-0.1, -0.05) is 48.0 Å². The van der Waals surface area contributed by atoms with Gasteiger partial charge in [0.1, 0.15) is 5.75 Å². The van der Waals surface area contributed by atoms with E-state index in [1.54, 1.807) is 42.5 Å². The fourth-order valence-corrected chi connectivity index (χ4v) is 2.67. The summed E-state index contributed by atoms with van der Waals surface area (Å²) in [5, 5.41) is 6.71. The molecule has 7 nitrogen and oxygen atoms in total. The van der Waals surface area contributed by atoms with Crippen LogP contribution in [0, 0.1) is 0 Å².